The Labute approximate surface area is 134 Å². The summed E-state index contributed by atoms with van der Waals surface area (Å²) >= 11 is 0. The first kappa shape index (κ1) is 20.4. The van der Waals surface area contributed by atoms with Crippen molar-refractivity contribution in [3.05, 3.63) is 34.9 Å². The Bertz CT molecular complexity index is 533. The minimum absolute atomic E-state index is 0. The molecule has 20 heavy (non-hydrogen) atoms. The van der Waals surface area contributed by atoms with E-state index >= 15 is 0 Å². The molecule has 0 spiro atoms. The van der Waals surface area contributed by atoms with E-state index in [4.69, 9.17) is 25.2 Å². The van der Waals surface area contributed by atoms with E-state index < -0.39 is 35.0 Å². The van der Waals surface area contributed by atoms with Gasteiger partial charge < -0.3 is 25.2 Å². The summed E-state index contributed by atoms with van der Waals surface area (Å²) in [6.45, 7) is 0.972. The van der Waals surface area contributed by atoms with Crippen LogP contribution in [0.5, 0.6) is 0 Å². The maximum atomic E-state index is 10.6. The van der Waals surface area contributed by atoms with Gasteiger partial charge in [-0.1, -0.05) is 0 Å². The van der Waals surface area contributed by atoms with Crippen LogP contribution in [0.25, 0.3) is 0 Å². The molecule has 1 aromatic rings. The summed E-state index contributed by atoms with van der Waals surface area (Å²) in [5.41, 5.74) is -1.24. The molecule has 0 saturated carbocycles. The molecule has 0 aromatic heterocycles. The van der Waals surface area contributed by atoms with E-state index in [2.05, 4.69) is 0 Å². The van der Waals surface area contributed by atoms with E-state index in [1.807, 2.05) is 0 Å². The molecule has 0 aliphatic carbocycles. The van der Waals surface area contributed by atoms with Gasteiger partial charge >= 0.3 is 47.5 Å². The third-order valence-corrected chi connectivity index (χ3v) is 1.73. The van der Waals surface area contributed by atoms with Gasteiger partial charge in [0.1, 0.15) is 0 Å². The molecule has 0 aliphatic rings. The predicted molar refractivity (Wildman–Crippen MR) is 58.0 cm³/mol. The van der Waals surface area contributed by atoms with Crippen molar-refractivity contribution >= 4 is 23.9 Å². The quantitative estimate of drug-likeness (QED) is 0.486. The van der Waals surface area contributed by atoms with E-state index in [9.17, 15) is 14.4 Å². The number of aliphatic carboxylic acids is 1. The number of carboxylic acid groups (broad SMARTS) is 4. The van der Waals surface area contributed by atoms with Gasteiger partial charge in [-0.25, -0.2) is 14.4 Å². The Morgan fingerprint density at radius 1 is 0.900 bits per heavy atom. The molecule has 102 valence electrons. The zero-order chi connectivity index (χ0) is 15.2. The van der Waals surface area contributed by atoms with Gasteiger partial charge in [-0.2, -0.15) is 0 Å². The fraction of sp³-hybridized carbons (Fsp3) is 0.0909. The number of aromatic carboxylic acids is 3. The third kappa shape index (κ3) is 6.88. The van der Waals surface area contributed by atoms with Crippen LogP contribution in [0.2, 0.25) is 0 Å². The molecule has 0 heterocycles. The number of benzene rings is 1. The zero-order valence-corrected chi connectivity index (χ0v) is 12.6. The topological polar surface area (TPSA) is 152 Å². The van der Waals surface area contributed by atoms with Crippen LogP contribution in [0.3, 0.4) is 0 Å². The van der Waals surface area contributed by atoms with E-state index in [1.54, 1.807) is 0 Å². The number of hydrogen-bond acceptors (Lipinski definition) is 5. The van der Waals surface area contributed by atoms with Crippen LogP contribution >= 0.6 is 0 Å². The normalized spacial score (nSPS) is 8.45. The maximum absolute atomic E-state index is 10.6. The summed E-state index contributed by atoms with van der Waals surface area (Å²) < 4.78 is 0. The summed E-state index contributed by atoms with van der Waals surface area (Å²) in [4.78, 5) is 40.6. The van der Waals surface area contributed by atoms with Crippen LogP contribution in [-0.2, 0) is 4.79 Å². The van der Waals surface area contributed by atoms with Gasteiger partial charge in [-0.3, -0.25) is 0 Å². The van der Waals surface area contributed by atoms with Crippen molar-refractivity contribution in [2.75, 3.05) is 0 Å². The summed E-state index contributed by atoms with van der Waals surface area (Å²) in [7, 11) is 0. The molecule has 0 saturated heterocycles. The number of hydrogen-bond donors (Lipinski definition) is 3. The van der Waals surface area contributed by atoms with E-state index in [1.165, 1.54) is 0 Å². The molecule has 1 rings (SSSR count). The molecule has 1 aromatic carbocycles. The summed E-state index contributed by atoms with van der Waals surface area (Å²) in [6, 6.07) is 2.81. The fourth-order valence-corrected chi connectivity index (χ4v) is 1.04. The van der Waals surface area contributed by atoms with Gasteiger partial charge in [-0.05, 0) is 25.1 Å². The molecular weight excluding hydrogens is 283 g/mol. The van der Waals surface area contributed by atoms with Crippen LogP contribution in [-0.4, -0.2) is 39.2 Å². The Morgan fingerprint density at radius 2 is 1.30 bits per heavy atom. The first-order valence-corrected chi connectivity index (χ1v) is 4.68. The second kappa shape index (κ2) is 9.08. The summed E-state index contributed by atoms with van der Waals surface area (Å²) in [5.74, 6) is -5.28. The van der Waals surface area contributed by atoms with E-state index in [0.29, 0.717) is 0 Å². The molecule has 0 amide bonds. The molecule has 0 bridgehead atoms. The molecule has 9 heteroatoms. The van der Waals surface area contributed by atoms with Crippen molar-refractivity contribution in [3.63, 3.8) is 0 Å². The van der Waals surface area contributed by atoms with Crippen molar-refractivity contribution in [3.8, 4) is 0 Å². The smallest absolute Gasteiger partial charge is 0.550 e. The second-order valence-corrected chi connectivity index (χ2v) is 3.17. The third-order valence-electron chi connectivity index (χ3n) is 1.73. The molecule has 8 nitrogen and oxygen atoms in total. The Kier molecular flexibility index (Phi) is 9.27. The monoisotopic (exact) mass is 292 g/mol. The Balaban J connectivity index is 0. The van der Waals surface area contributed by atoms with Crippen LogP contribution in [0.1, 0.15) is 38.0 Å². The molecule has 0 unspecified atom stereocenters. The van der Waals surface area contributed by atoms with Crippen LogP contribution in [0, 0.1) is 0 Å². The van der Waals surface area contributed by atoms with Crippen molar-refractivity contribution in [1.82, 2.24) is 0 Å². The standard InChI is InChI=1S/C9H6O6.C2H4O2.Na/c10-7(11)4-1-2-5(8(12)13)6(3-4)9(14)15;1-2(3)4;/h1-3H,(H,10,11)(H,12,13)(H,14,15);1H3,(H,3,4);/q;;+1/p-1. The van der Waals surface area contributed by atoms with Crippen LogP contribution in [0.15, 0.2) is 18.2 Å². The minimum Gasteiger partial charge on any atom is -0.550 e. The Hall–Kier alpha value is -1.90. The zero-order valence-electron chi connectivity index (χ0n) is 10.6. The largest absolute Gasteiger partial charge is 1.00 e. The molecule has 0 aliphatic heterocycles. The van der Waals surface area contributed by atoms with Gasteiger partial charge in [0.05, 0.1) is 16.7 Å². The summed E-state index contributed by atoms with van der Waals surface area (Å²) in [6.07, 6.45) is 0. The molecule has 0 atom stereocenters. The van der Waals surface area contributed by atoms with E-state index in [0.717, 1.165) is 25.1 Å². The molecule has 0 radical (unpaired) electrons. The van der Waals surface area contributed by atoms with Gasteiger partial charge in [0.2, 0.25) is 0 Å². The van der Waals surface area contributed by atoms with Crippen molar-refractivity contribution < 1.29 is 69.2 Å². The maximum Gasteiger partial charge on any atom is 1.00 e. The van der Waals surface area contributed by atoms with Crippen LogP contribution in [0.4, 0.5) is 0 Å². The van der Waals surface area contributed by atoms with Crippen molar-refractivity contribution in [1.29, 1.82) is 0 Å². The van der Waals surface area contributed by atoms with Crippen molar-refractivity contribution in [2.45, 2.75) is 6.92 Å². The molecule has 0 fully saturated rings. The number of carbonyl (C=O) groups is 4. The van der Waals surface area contributed by atoms with Gasteiger partial charge in [0, 0.05) is 5.97 Å². The average Bonchev–Trinajstić information content (AvgIpc) is 2.27. The Morgan fingerprint density at radius 3 is 1.60 bits per heavy atom. The predicted octanol–water partition coefficient (Wildman–Crippen LogP) is -3.46. The molecule has 3 N–H and O–H groups in total. The van der Waals surface area contributed by atoms with Crippen molar-refractivity contribution in [2.24, 2.45) is 0 Å². The van der Waals surface area contributed by atoms with Gasteiger partial charge in [-0.15, -0.1) is 0 Å². The van der Waals surface area contributed by atoms with E-state index in [-0.39, 0.29) is 35.1 Å². The SMILES string of the molecule is CC(=O)[O-].O=C(O)c1ccc(C(=O)O)c(C(=O)O)c1.[Na+]. The van der Waals surface area contributed by atoms with Crippen LogP contribution < -0.4 is 34.7 Å². The van der Waals surface area contributed by atoms with Gasteiger partial charge in [0.25, 0.3) is 0 Å². The fourth-order valence-electron chi connectivity index (χ4n) is 1.04. The second-order valence-electron chi connectivity index (χ2n) is 3.17. The number of carbonyl (C=O) groups excluding carboxylic acids is 1. The molecular formula is C11H9NaO8. The van der Waals surface area contributed by atoms with Gasteiger partial charge in [0.15, 0.2) is 0 Å². The number of rotatable bonds is 3. The summed E-state index contributed by atoms with van der Waals surface area (Å²) in [5, 5.41) is 34.8. The first-order chi connectivity index (χ1) is 8.66. The average molecular weight is 292 g/mol. The number of carboxylic acids is 4. The minimum atomic E-state index is -1.48. The first-order valence-electron chi connectivity index (χ1n) is 4.68.